The molecule has 22 heavy (non-hydrogen) atoms. The molecule has 1 heterocycles. The average Bonchev–Trinajstić information content (AvgIpc) is 2.89. The fourth-order valence-electron chi connectivity index (χ4n) is 1.46. The normalized spacial score (nSPS) is 12.0. The summed E-state index contributed by atoms with van der Waals surface area (Å²) in [6, 6.07) is 4.82. The molecule has 1 amide bonds. The van der Waals surface area contributed by atoms with E-state index in [1.807, 2.05) is 6.92 Å². The van der Waals surface area contributed by atoms with Gasteiger partial charge >= 0.3 is 0 Å². The van der Waals surface area contributed by atoms with E-state index in [0.717, 1.165) is 10.1 Å². The van der Waals surface area contributed by atoms with Gasteiger partial charge in [0.1, 0.15) is 5.75 Å². The second-order valence-electron chi connectivity index (χ2n) is 4.13. The molecule has 0 saturated carbocycles. The fraction of sp³-hybridized carbons (Fsp3) is 0.308. The number of benzene rings is 1. The van der Waals surface area contributed by atoms with Crippen LogP contribution in [0.2, 0.25) is 10.0 Å². The lowest BCUT2D eigenvalue weighted by Crippen LogP contribution is -2.30. The van der Waals surface area contributed by atoms with Crippen molar-refractivity contribution in [3.8, 4) is 5.75 Å². The van der Waals surface area contributed by atoms with Crippen LogP contribution in [0.15, 0.2) is 22.5 Å². The smallest absolute Gasteiger partial charge is 0.266 e. The number of amides is 1. The predicted molar refractivity (Wildman–Crippen MR) is 91.5 cm³/mol. The summed E-state index contributed by atoms with van der Waals surface area (Å²) in [5, 5.41) is 11.8. The zero-order chi connectivity index (χ0) is 16.1. The lowest BCUT2D eigenvalue weighted by Gasteiger charge is -2.14. The molecule has 2 rings (SSSR count). The quantitative estimate of drug-likeness (QED) is 0.598. The summed E-state index contributed by atoms with van der Waals surface area (Å²) in [6.45, 7) is 3.65. The van der Waals surface area contributed by atoms with Crippen LogP contribution >= 0.6 is 46.3 Å². The number of hydrogen-bond acceptors (Lipinski definition) is 6. The first-order valence-corrected chi connectivity index (χ1v) is 8.94. The molecule has 0 spiro atoms. The van der Waals surface area contributed by atoms with Gasteiger partial charge in [0.05, 0.1) is 5.02 Å². The van der Waals surface area contributed by atoms with Gasteiger partial charge in [0.15, 0.2) is 10.4 Å². The number of rotatable bonds is 6. The maximum absolute atomic E-state index is 12.1. The molecule has 0 saturated heterocycles. The van der Waals surface area contributed by atoms with Gasteiger partial charge in [0.2, 0.25) is 5.13 Å². The maximum atomic E-state index is 12.1. The molecule has 0 bridgehead atoms. The molecule has 0 aliphatic rings. The van der Waals surface area contributed by atoms with E-state index in [0.29, 0.717) is 20.9 Å². The summed E-state index contributed by atoms with van der Waals surface area (Å²) in [5.74, 6) is 0.973. The third-order valence-electron chi connectivity index (χ3n) is 2.47. The number of nitrogens with one attached hydrogen (secondary N) is 1. The Morgan fingerprint density at radius 3 is 2.91 bits per heavy atom. The van der Waals surface area contributed by atoms with Crippen molar-refractivity contribution < 1.29 is 9.53 Å². The lowest BCUT2D eigenvalue weighted by atomic mass is 10.3. The molecule has 9 heteroatoms. The third kappa shape index (κ3) is 4.74. The van der Waals surface area contributed by atoms with Crippen molar-refractivity contribution in [2.45, 2.75) is 24.3 Å². The molecule has 0 unspecified atom stereocenters. The number of hydrogen-bond donors (Lipinski definition) is 1. The topological polar surface area (TPSA) is 64.1 Å². The second-order valence-corrected chi connectivity index (χ2v) is 7.46. The van der Waals surface area contributed by atoms with Crippen LogP contribution in [-0.4, -0.2) is 28.0 Å². The Bertz CT molecular complexity index is 666. The van der Waals surface area contributed by atoms with E-state index in [1.165, 1.54) is 11.3 Å². The van der Waals surface area contributed by atoms with Crippen LogP contribution in [-0.2, 0) is 4.79 Å². The Hall–Kier alpha value is -1.02. The van der Waals surface area contributed by atoms with Gasteiger partial charge in [-0.2, -0.15) is 0 Å². The van der Waals surface area contributed by atoms with Crippen LogP contribution in [0.3, 0.4) is 0 Å². The highest BCUT2D eigenvalue weighted by Gasteiger charge is 2.18. The molecule has 1 atom stereocenters. The van der Waals surface area contributed by atoms with E-state index in [1.54, 1.807) is 36.9 Å². The van der Waals surface area contributed by atoms with Gasteiger partial charge in [0.25, 0.3) is 5.91 Å². The molecule has 0 radical (unpaired) electrons. The zero-order valence-electron chi connectivity index (χ0n) is 11.8. The van der Waals surface area contributed by atoms with Crippen molar-refractivity contribution in [3.63, 3.8) is 0 Å². The number of carbonyl (C=O) groups is 1. The van der Waals surface area contributed by atoms with Crippen molar-refractivity contribution in [3.05, 3.63) is 28.2 Å². The summed E-state index contributed by atoms with van der Waals surface area (Å²) in [6.07, 6.45) is -0.732. The van der Waals surface area contributed by atoms with Crippen LogP contribution in [0.5, 0.6) is 5.75 Å². The van der Waals surface area contributed by atoms with E-state index < -0.39 is 6.10 Å². The van der Waals surface area contributed by atoms with Crippen LogP contribution < -0.4 is 10.1 Å². The van der Waals surface area contributed by atoms with Crippen molar-refractivity contribution in [1.29, 1.82) is 0 Å². The van der Waals surface area contributed by atoms with Crippen molar-refractivity contribution in [2.75, 3.05) is 11.1 Å². The Morgan fingerprint density at radius 2 is 2.23 bits per heavy atom. The van der Waals surface area contributed by atoms with Gasteiger partial charge in [-0.05, 0) is 30.9 Å². The third-order valence-corrected chi connectivity index (χ3v) is 4.86. The summed E-state index contributed by atoms with van der Waals surface area (Å²) < 4.78 is 6.35. The highest BCUT2D eigenvalue weighted by Crippen LogP contribution is 2.29. The van der Waals surface area contributed by atoms with Crippen LogP contribution in [0.1, 0.15) is 13.8 Å². The van der Waals surface area contributed by atoms with E-state index in [4.69, 9.17) is 27.9 Å². The summed E-state index contributed by atoms with van der Waals surface area (Å²) in [4.78, 5) is 12.1. The minimum absolute atomic E-state index is 0.324. The van der Waals surface area contributed by atoms with E-state index >= 15 is 0 Å². The van der Waals surface area contributed by atoms with Gasteiger partial charge in [-0.3, -0.25) is 10.1 Å². The summed E-state index contributed by atoms with van der Waals surface area (Å²) >= 11 is 14.7. The molecule has 0 aliphatic heterocycles. The Morgan fingerprint density at radius 1 is 1.45 bits per heavy atom. The molecular weight excluding hydrogens is 365 g/mol. The molecular formula is C13H13Cl2N3O2S2. The van der Waals surface area contributed by atoms with E-state index in [-0.39, 0.29) is 5.91 Å². The molecule has 0 aliphatic carbocycles. The number of nitrogens with zero attached hydrogens (tertiary/aromatic N) is 2. The van der Waals surface area contributed by atoms with Crippen molar-refractivity contribution >= 4 is 57.3 Å². The molecule has 1 aromatic heterocycles. The number of thioether (sulfide) groups is 1. The minimum atomic E-state index is -0.732. The first-order valence-electron chi connectivity index (χ1n) is 6.38. The van der Waals surface area contributed by atoms with Crippen LogP contribution in [0.25, 0.3) is 0 Å². The van der Waals surface area contributed by atoms with Crippen LogP contribution in [0.4, 0.5) is 5.13 Å². The fourth-order valence-corrected chi connectivity index (χ4v) is 3.57. The van der Waals surface area contributed by atoms with Crippen LogP contribution in [0, 0.1) is 0 Å². The van der Waals surface area contributed by atoms with Gasteiger partial charge in [-0.15, -0.1) is 10.2 Å². The second kappa shape index (κ2) is 8.01. The standard InChI is InChI=1S/C13H13Cl2N3O2S2/c1-3-21-13-18-17-12(22-13)16-11(19)7(2)20-10-5-4-8(14)6-9(10)15/h4-7H,3H2,1-2H3,(H,16,17,19)/t7-/m0/s1. The van der Waals surface area contributed by atoms with Gasteiger partial charge in [-0.1, -0.05) is 53.2 Å². The molecule has 1 aromatic carbocycles. The molecule has 0 fully saturated rings. The predicted octanol–water partition coefficient (Wildman–Crippen LogP) is 4.36. The van der Waals surface area contributed by atoms with Gasteiger partial charge < -0.3 is 4.74 Å². The summed E-state index contributed by atoms with van der Waals surface area (Å²) in [7, 11) is 0. The summed E-state index contributed by atoms with van der Waals surface area (Å²) in [5.41, 5.74) is 0. The Labute approximate surface area is 146 Å². The highest BCUT2D eigenvalue weighted by atomic mass is 35.5. The Kier molecular flexibility index (Phi) is 6.31. The number of ether oxygens (including phenoxy) is 1. The maximum Gasteiger partial charge on any atom is 0.266 e. The molecule has 118 valence electrons. The number of carbonyl (C=O) groups excluding carboxylic acids is 1. The Balaban J connectivity index is 1.96. The lowest BCUT2D eigenvalue weighted by molar-refractivity contribution is -0.122. The molecule has 1 N–H and O–H groups in total. The van der Waals surface area contributed by atoms with Gasteiger partial charge in [0, 0.05) is 5.02 Å². The first-order chi connectivity index (χ1) is 10.5. The monoisotopic (exact) mass is 377 g/mol. The van der Waals surface area contributed by atoms with Crippen molar-refractivity contribution in [2.24, 2.45) is 0 Å². The van der Waals surface area contributed by atoms with E-state index in [9.17, 15) is 4.79 Å². The number of halogens is 2. The SMILES string of the molecule is CCSc1nnc(NC(=O)[C@H](C)Oc2ccc(Cl)cc2Cl)s1. The molecule has 2 aromatic rings. The first kappa shape index (κ1) is 17.3. The highest BCUT2D eigenvalue weighted by molar-refractivity contribution is 8.01. The molecule has 5 nitrogen and oxygen atoms in total. The van der Waals surface area contributed by atoms with E-state index in [2.05, 4.69) is 15.5 Å². The minimum Gasteiger partial charge on any atom is -0.479 e. The van der Waals surface area contributed by atoms with Crippen molar-refractivity contribution in [1.82, 2.24) is 10.2 Å². The largest absolute Gasteiger partial charge is 0.479 e. The van der Waals surface area contributed by atoms with Gasteiger partial charge in [-0.25, -0.2) is 0 Å². The number of anilines is 1. The number of aromatic nitrogens is 2. The zero-order valence-corrected chi connectivity index (χ0v) is 14.9. The average molecular weight is 378 g/mol.